The number of hydrogen-bond donors (Lipinski definition) is 0. The number of rotatable bonds is 5. The van der Waals surface area contributed by atoms with Crippen LogP contribution in [0.2, 0.25) is 0 Å². The quantitative estimate of drug-likeness (QED) is 0.596. The maximum absolute atomic E-state index is 13.8. The smallest absolute Gasteiger partial charge is 0.295 e. The third kappa shape index (κ3) is 2.94. The topological polar surface area (TPSA) is 70.2 Å². The standard InChI is InChI=1S/C12H14FN3O2/c1-9(2)15(8-4-7-14)12-10(13)5-3-6-11(12)16(17)18/h3,5-6,9H,4,8H2,1-2H3. The highest BCUT2D eigenvalue weighted by molar-refractivity contribution is 5.64. The molecule has 1 aromatic rings. The molecule has 6 heteroatoms. The van der Waals surface area contributed by atoms with Gasteiger partial charge >= 0.3 is 0 Å². The average Bonchev–Trinajstić information content (AvgIpc) is 2.30. The summed E-state index contributed by atoms with van der Waals surface area (Å²) in [7, 11) is 0. The van der Waals surface area contributed by atoms with Crippen LogP contribution in [0.15, 0.2) is 18.2 Å². The number of benzene rings is 1. The number of nitrogens with zero attached hydrogens (tertiary/aromatic N) is 3. The second-order valence-electron chi connectivity index (χ2n) is 4.06. The first-order valence-corrected chi connectivity index (χ1v) is 5.55. The summed E-state index contributed by atoms with van der Waals surface area (Å²) in [5.74, 6) is -0.643. The van der Waals surface area contributed by atoms with E-state index in [1.54, 1.807) is 13.8 Å². The van der Waals surface area contributed by atoms with Crippen LogP contribution < -0.4 is 4.90 Å². The minimum Gasteiger partial charge on any atom is -0.360 e. The van der Waals surface area contributed by atoms with E-state index in [1.807, 2.05) is 6.07 Å². The Morgan fingerprint density at radius 1 is 1.56 bits per heavy atom. The summed E-state index contributed by atoms with van der Waals surface area (Å²) < 4.78 is 13.8. The first-order valence-electron chi connectivity index (χ1n) is 5.55. The van der Waals surface area contributed by atoms with Crippen molar-refractivity contribution in [3.8, 4) is 6.07 Å². The fraction of sp³-hybridized carbons (Fsp3) is 0.417. The number of hydrogen-bond acceptors (Lipinski definition) is 4. The predicted molar refractivity (Wildman–Crippen MR) is 65.8 cm³/mol. The van der Waals surface area contributed by atoms with Crippen LogP contribution in [-0.2, 0) is 0 Å². The van der Waals surface area contributed by atoms with Gasteiger partial charge in [0.2, 0.25) is 0 Å². The highest BCUT2D eigenvalue weighted by Gasteiger charge is 2.24. The van der Waals surface area contributed by atoms with E-state index in [4.69, 9.17) is 5.26 Å². The van der Waals surface area contributed by atoms with E-state index in [2.05, 4.69) is 0 Å². The van der Waals surface area contributed by atoms with Gasteiger partial charge in [0.05, 0.1) is 17.4 Å². The Labute approximate surface area is 105 Å². The van der Waals surface area contributed by atoms with Crippen LogP contribution in [0.25, 0.3) is 0 Å². The number of para-hydroxylation sites is 1. The lowest BCUT2D eigenvalue weighted by Gasteiger charge is -2.27. The third-order valence-electron chi connectivity index (χ3n) is 2.54. The second-order valence-corrected chi connectivity index (χ2v) is 4.06. The van der Waals surface area contributed by atoms with Crippen molar-refractivity contribution in [2.45, 2.75) is 26.3 Å². The lowest BCUT2D eigenvalue weighted by Crippen LogP contribution is -2.33. The molecule has 0 aliphatic rings. The Hall–Kier alpha value is -2.16. The molecule has 0 heterocycles. The molecule has 1 rings (SSSR count). The summed E-state index contributed by atoms with van der Waals surface area (Å²) >= 11 is 0. The fourth-order valence-corrected chi connectivity index (χ4v) is 1.73. The van der Waals surface area contributed by atoms with Crippen LogP contribution in [0.1, 0.15) is 20.3 Å². The lowest BCUT2D eigenvalue weighted by molar-refractivity contribution is -0.384. The molecule has 0 saturated heterocycles. The molecule has 0 fully saturated rings. The van der Waals surface area contributed by atoms with Crippen molar-refractivity contribution in [1.29, 1.82) is 5.26 Å². The first kappa shape index (κ1) is 13.9. The molecule has 0 atom stereocenters. The number of nitro groups is 1. The zero-order valence-electron chi connectivity index (χ0n) is 10.3. The summed E-state index contributed by atoms with van der Waals surface area (Å²) in [6, 6.07) is 5.58. The van der Waals surface area contributed by atoms with Gasteiger partial charge in [0.25, 0.3) is 5.69 Å². The highest BCUT2D eigenvalue weighted by Crippen LogP contribution is 2.32. The number of halogens is 1. The van der Waals surface area contributed by atoms with Crippen molar-refractivity contribution in [1.82, 2.24) is 0 Å². The Balaban J connectivity index is 3.26. The van der Waals surface area contributed by atoms with Crippen molar-refractivity contribution in [3.05, 3.63) is 34.1 Å². The van der Waals surface area contributed by atoms with Gasteiger partial charge in [-0.05, 0) is 19.9 Å². The second kappa shape index (κ2) is 5.96. The molecule has 5 nitrogen and oxygen atoms in total. The van der Waals surface area contributed by atoms with Gasteiger partial charge in [0.1, 0.15) is 0 Å². The predicted octanol–water partition coefficient (Wildman–Crippen LogP) is 2.86. The van der Waals surface area contributed by atoms with Gasteiger partial charge < -0.3 is 4.90 Å². The largest absolute Gasteiger partial charge is 0.360 e. The van der Waals surface area contributed by atoms with Gasteiger partial charge in [0.15, 0.2) is 11.5 Å². The normalized spacial score (nSPS) is 10.2. The molecular formula is C12H14FN3O2. The molecule has 0 aliphatic carbocycles. The molecule has 96 valence electrons. The minimum absolute atomic E-state index is 0.0484. The van der Waals surface area contributed by atoms with Crippen LogP contribution in [-0.4, -0.2) is 17.5 Å². The SMILES string of the molecule is CC(C)N(CCC#N)c1c(F)cccc1[N+](=O)[O-]. The van der Waals surface area contributed by atoms with Gasteiger partial charge in [0, 0.05) is 18.7 Å². The zero-order chi connectivity index (χ0) is 13.7. The Bertz CT molecular complexity index is 483. The molecule has 0 unspecified atom stereocenters. The van der Waals surface area contributed by atoms with E-state index in [9.17, 15) is 14.5 Å². The van der Waals surface area contributed by atoms with Crippen molar-refractivity contribution >= 4 is 11.4 Å². The summed E-state index contributed by atoms with van der Waals surface area (Å²) in [5, 5.41) is 19.5. The molecule has 0 radical (unpaired) electrons. The summed E-state index contributed by atoms with van der Waals surface area (Å²) in [6.45, 7) is 3.86. The van der Waals surface area contributed by atoms with Crippen LogP contribution in [0, 0.1) is 27.3 Å². The van der Waals surface area contributed by atoms with Gasteiger partial charge in [-0.3, -0.25) is 10.1 Å². The maximum Gasteiger partial charge on any atom is 0.295 e. The van der Waals surface area contributed by atoms with Crippen LogP contribution in [0.4, 0.5) is 15.8 Å². The lowest BCUT2D eigenvalue weighted by atomic mass is 10.2. The Kier molecular flexibility index (Phi) is 4.60. The molecule has 0 aliphatic heterocycles. The summed E-state index contributed by atoms with van der Waals surface area (Å²) in [5.41, 5.74) is -0.325. The number of anilines is 1. The number of nitro benzene ring substituents is 1. The van der Waals surface area contributed by atoms with E-state index in [0.29, 0.717) is 0 Å². The first-order chi connectivity index (χ1) is 8.49. The van der Waals surface area contributed by atoms with Crippen molar-refractivity contribution < 1.29 is 9.31 Å². The van der Waals surface area contributed by atoms with Gasteiger partial charge in [-0.25, -0.2) is 4.39 Å². The number of nitriles is 1. The fourth-order valence-electron chi connectivity index (χ4n) is 1.73. The average molecular weight is 251 g/mol. The molecule has 0 saturated carbocycles. The summed E-state index contributed by atoms with van der Waals surface area (Å²) in [6.07, 6.45) is 0.184. The molecule has 0 aromatic heterocycles. The summed E-state index contributed by atoms with van der Waals surface area (Å²) in [4.78, 5) is 11.8. The van der Waals surface area contributed by atoms with E-state index >= 15 is 0 Å². The third-order valence-corrected chi connectivity index (χ3v) is 2.54. The zero-order valence-corrected chi connectivity index (χ0v) is 10.3. The molecule has 18 heavy (non-hydrogen) atoms. The van der Waals surface area contributed by atoms with Crippen molar-refractivity contribution in [2.24, 2.45) is 0 Å². The van der Waals surface area contributed by atoms with Crippen molar-refractivity contribution in [2.75, 3.05) is 11.4 Å². The van der Waals surface area contributed by atoms with Gasteiger partial charge in [-0.2, -0.15) is 5.26 Å². The molecule has 0 amide bonds. The molecule has 0 N–H and O–H groups in total. The Morgan fingerprint density at radius 2 is 2.22 bits per heavy atom. The van der Waals surface area contributed by atoms with E-state index in [0.717, 1.165) is 0 Å². The van der Waals surface area contributed by atoms with Crippen LogP contribution in [0.3, 0.4) is 0 Å². The van der Waals surface area contributed by atoms with Crippen molar-refractivity contribution in [3.63, 3.8) is 0 Å². The molecular weight excluding hydrogens is 237 g/mol. The highest BCUT2D eigenvalue weighted by atomic mass is 19.1. The molecule has 0 bridgehead atoms. The minimum atomic E-state index is -0.643. The van der Waals surface area contributed by atoms with E-state index in [-0.39, 0.29) is 30.4 Å². The molecule has 0 spiro atoms. The van der Waals surface area contributed by atoms with Gasteiger partial charge in [-0.1, -0.05) is 6.07 Å². The monoisotopic (exact) mass is 251 g/mol. The van der Waals surface area contributed by atoms with Crippen LogP contribution >= 0.6 is 0 Å². The van der Waals surface area contributed by atoms with Gasteiger partial charge in [-0.15, -0.1) is 0 Å². The van der Waals surface area contributed by atoms with Crippen LogP contribution in [0.5, 0.6) is 0 Å². The maximum atomic E-state index is 13.8. The van der Waals surface area contributed by atoms with E-state index in [1.165, 1.54) is 23.1 Å². The molecule has 1 aromatic carbocycles. The Morgan fingerprint density at radius 3 is 2.72 bits per heavy atom. The van der Waals surface area contributed by atoms with E-state index < -0.39 is 10.7 Å².